The number of fused-ring (bicyclic) bond motifs is 1. The predicted octanol–water partition coefficient (Wildman–Crippen LogP) is 7.70. The lowest BCUT2D eigenvalue weighted by Gasteiger charge is -2.43. The van der Waals surface area contributed by atoms with E-state index in [9.17, 15) is 4.57 Å². The molecule has 4 heterocycles. The number of likely N-dealkylation sites (N-methyl/N-ethyl adjacent to an activating group) is 1. The van der Waals surface area contributed by atoms with Crippen molar-refractivity contribution in [2.24, 2.45) is 0 Å². The number of methoxy groups -OCH3 is 1. The summed E-state index contributed by atoms with van der Waals surface area (Å²) in [6.07, 6.45) is 4.94. The first-order valence-corrected chi connectivity index (χ1v) is 23.6. The Morgan fingerprint density at radius 1 is 1.04 bits per heavy atom. The summed E-state index contributed by atoms with van der Waals surface area (Å²) in [4.78, 5) is 21.7. The number of rotatable bonds is 9. The standard InChI is InChI=1S/C36H43BrIN8O2PS/c1-6-24-21-31(33(48-3)22-32(24)46-14-11-26(12-15-46)45-18-16-44(2)17-19-45)42-36-39-23-28(37)35(43-36)41-30-10-9-29-27(34(30)49(4,5)47)8-7-25(40-29)13-20-50-38/h7-10,21-23,26H,6,11-12,14-19H2,1-5H3,(H2,39,41,42,43). The van der Waals surface area contributed by atoms with Crippen molar-refractivity contribution in [2.75, 3.05) is 82.3 Å². The molecule has 2 saturated heterocycles. The Morgan fingerprint density at radius 2 is 1.80 bits per heavy atom. The molecule has 2 N–H and O–H groups in total. The number of benzene rings is 2. The summed E-state index contributed by atoms with van der Waals surface area (Å²) in [6.45, 7) is 12.4. The van der Waals surface area contributed by atoms with Gasteiger partial charge in [0.2, 0.25) is 5.95 Å². The van der Waals surface area contributed by atoms with E-state index in [1.54, 1.807) is 26.6 Å². The smallest absolute Gasteiger partial charge is 0.229 e. The zero-order chi connectivity index (χ0) is 35.4. The average molecular weight is 890 g/mol. The van der Waals surface area contributed by atoms with Crippen LogP contribution >= 0.6 is 53.2 Å². The molecule has 0 saturated carbocycles. The molecule has 2 aliphatic heterocycles. The van der Waals surface area contributed by atoms with Crippen LogP contribution in [0, 0.1) is 11.2 Å². The highest BCUT2D eigenvalue weighted by Crippen LogP contribution is 2.42. The second-order valence-electron chi connectivity index (χ2n) is 13.1. The van der Waals surface area contributed by atoms with Gasteiger partial charge in [0.05, 0.1) is 28.5 Å². The lowest BCUT2D eigenvalue weighted by molar-refractivity contribution is 0.0982. The maximum atomic E-state index is 13.7. The summed E-state index contributed by atoms with van der Waals surface area (Å²) in [5.41, 5.74) is 5.40. The van der Waals surface area contributed by atoms with E-state index in [1.165, 1.54) is 46.1 Å². The van der Waals surface area contributed by atoms with E-state index in [2.05, 4.69) is 105 Å². The van der Waals surface area contributed by atoms with Gasteiger partial charge in [0.15, 0.2) is 0 Å². The van der Waals surface area contributed by atoms with Gasteiger partial charge >= 0.3 is 0 Å². The third kappa shape index (κ3) is 8.54. The van der Waals surface area contributed by atoms with Crippen molar-refractivity contribution in [3.05, 3.63) is 58.3 Å². The Bertz CT molecular complexity index is 1970. The fraction of sp³-hybridized carbons (Fsp3) is 0.417. The van der Waals surface area contributed by atoms with Crippen LogP contribution in [0.1, 0.15) is 31.0 Å². The van der Waals surface area contributed by atoms with E-state index >= 15 is 0 Å². The largest absolute Gasteiger partial charge is 0.494 e. The van der Waals surface area contributed by atoms with Gasteiger partial charge in [0, 0.05) is 95.2 Å². The molecule has 14 heteroatoms. The van der Waals surface area contributed by atoms with Crippen molar-refractivity contribution >= 4 is 98.2 Å². The summed E-state index contributed by atoms with van der Waals surface area (Å²) < 4.78 is 20.3. The van der Waals surface area contributed by atoms with Crippen LogP contribution in [0.4, 0.5) is 28.8 Å². The molecule has 4 aromatic rings. The summed E-state index contributed by atoms with van der Waals surface area (Å²) >= 11 is 5.76. The van der Waals surface area contributed by atoms with Gasteiger partial charge in [-0.15, -0.1) is 0 Å². The average Bonchev–Trinajstić information content (AvgIpc) is 3.11. The van der Waals surface area contributed by atoms with Gasteiger partial charge in [-0.05, 0) is 112 Å². The molecule has 2 fully saturated rings. The van der Waals surface area contributed by atoms with Gasteiger partial charge in [-0.25, -0.2) is 9.97 Å². The number of piperazine rings is 1. The molecule has 0 bridgehead atoms. The zero-order valence-electron chi connectivity index (χ0n) is 29.1. The van der Waals surface area contributed by atoms with E-state index < -0.39 is 7.14 Å². The first-order valence-electron chi connectivity index (χ1n) is 16.8. The lowest BCUT2D eigenvalue weighted by Crippen LogP contribution is -2.52. The predicted molar refractivity (Wildman–Crippen MR) is 222 cm³/mol. The number of anilines is 5. The van der Waals surface area contributed by atoms with E-state index in [4.69, 9.17) is 14.7 Å². The minimum absolute atomic E-state index is 0.410. The number of piperidine rings is 1. The van der Waals surface area contributed by atoms with Crippen molar-refractivity contribution in [3.63, 3.8) is 0 Å². The van der Waals surface area contributed by atoms with E-state index in [0.717, 1.165) is 54.9 Å². The Labute approximate surface area is 320 Å². The van der Waals surface area contributed by atoms with Gasteiger partial charge in [-0.2, -0.15) is 4.98 Å². The van der Waals surface area contributed by atoms with Gasteiger partial charge < -0.3 is 29.7 Å². The Morgan fingerprint density at radius 3 is 2.48 bits per heavy atom. The van der Waals surface area contributed by atoms with E-state index in [0.29, 0.717) is 39.0 Å². The van der Waals surface area contributed by atoms with Crippen LogP contribution in [0.25, 0.3) is 10.9 Å². The van der Waals surface area contributed by atoms with Crippen LogP contribution in [-0.4, -0.2) is 97.5 Å². The number of aromatic nitrogens is 3. The summed E-state index contributed by atoms with van der Waals surface area (Å²) in [5.74, 6) is 4.74. The fourth-order valence-corrected chi connectivity index (χ4v) is 9.13. The van der Waals surface area contributed by atoms with Crippen molar-refractivity contribution in [2.45, 2.75) is 32.2 Å². The Balaban J connectivity index is 1.23. The molecule has 0 radical (unpaired) electrons. The molecule has 2 aliphatic rings. The maximum absolute atomic E-state index is 13.7. The highest BCUT2D eigenvalue weighted by Gasteiger charge is 2.28. The summed E-state index contributed by atoms with van der Waals surface area (Å²) in [6, 6.07) is 12.6. The van der Waals surface area contributed by atoms with Crippen LogP contribution in [-0.2, 0) is 11.0 Å². The molecular formula is C36H43BrIN8O2PS. The van der Waals surface area contributed by atoms with Crippen LogP contribution in [0.2, 0.25) is 0 Å². The molecule has 2 aromatic carbocycles. The summed E-state index contributed by atoms with van der Waals surface area (Å²) in [5, 5.41) is 11.4. The van der Waals surface area contributed by atoms with E-state index in [1.807, 2.05) is 24.3 Å². The van der Waals surface area contributed by atoms with Gasteiger partial charge in [0.1, 0.15) is 24.4 Å². The number of hydrogen-bond acceptors (Lipinski definition) is 11. The molecule has 0 amide bonds. The third-order valence-electron chi connectivity index (χ3n) is 9.48. The lowest BCUT2D eigenvalue weighted by atomic mass is 9.99. The van der Waals surface area contributed by atoms with Crippen LogP contribution in [0.5, 0.6) is 5.75 Å². The molecule has 0 unspecified atom stereocenters. The highest BCUT2D eigenvalue weighted by molar-refractivity contribution is 14.2. The number of pyridine rings is 1. The minimum Gasteiger partial charge on any atom is -0.494 e. The summed E-state index contributed by atoms with van der Waals surface area (Å²) in [7, 11) is 2.58. The van der Waals surface area contributed by atoms with Crippen molar-refractivity contribution in [1.29, 1.82) is 0 Å². The molecule has 10 nitrogen and oxygen atoms in total. The molecule has 2 aromatic heterocycles. The third-order valence-corrected chi connectivity index (χ3v) is 12.5. The number of halogens is 2. The second-order valence-corrected chi connectivity index (χ2v) is 18.8. The number of nitrogens with one attached hydrogen (secondary N) is 2. The number of hydrogen-bond donors (Lipinski definition) is 2. The Kier molecular flexibility index (Phi) is 12.2. The molecule has 50 heavy (non-hydrogen) atoms. The minimum atomic E-state index is -2.75. The van der Waals surface area contributed by atoms with Gasteiger partial charge in [-0.3, -0.25) is 4.90 Å². The number of aryl methyl sites for hydroxylation is 1. The second kappa shape index (κ2) is 16.4. The number of ether oxygens (including phenoxy) is 1. The quantitative estimate of drug-likeness (QED) is 0.0984. The fourth-order valence-electron chi connectivity index (χ4n) is 6.89. The normalized spacial score (nSPS) is 16.3. The number of nitrogens with zero attached hydrogens (tertiary/aromatic N) is 6. The monoisotopic (exact) mass is 888 g/mol. The molecule has 0 spiro atoms. The topological polar surface area (TPSA) is 98.7 Å². The van der Waals surface area contributed by atoms with Gasteiger partial charge in [0.25, 0.3) is 0 Å². The zero-order valence-corrected chi connectivity index (χ0v) is 34.5. The maximum Gasteiger partial charge on any atom is 0.229 e. The van der Waals surface area contributed by atoms with Gasteiger partial charge in [-0.1, -0.05) is 6.92 Å². The van der Waals surface area contributed by atoms with Crippen molar-refractivity contribution in [3.8, 4) is 16.9 Å². The SMILES string of the molecule is CCc1cc(Nc2ncc(Br)c(Nc3ccc4nc(C#CSI)ccc4c3P(C)(C)=O)n2)c(OC)cc1N1CCC(N2CCN(C)CC2)CC1. The molecule has 6 rings (SSSR count). The van der Waals surface area contributed by atoms with Crippen molar-refractivity contribution < 1.29 is 9.30 Å². The van der Waals surface area contributed by atoms with Crippen LogP contribution in [0.15, 0.2) is 47.1 Å². The van der Waals surface area contributed by atoms with E-state index in [-0.39, 0.29) is 0 Å². The highest BCUT2D eigenvalue weighted by atomic mass is 127. The Hall–Kier alpha value is -2.60. The first-order chi connectivity index (χ1) is 24.1. The van der Waals surface area contributed by atoms with Crippen LogP contribution < -0.4 is 25.6 Å². The molecule has 0 aliphatic carbocycles. The molecule has 264 valence electrons. The van der Waals surface area contributed by atoms with Crippen LogP contribution in [0.3, 0.4) is 0 Å². The van der Waals surface area contributed by atoms with Crippen molar-refractivity contribution in [1.82, 2.24) is 24.8 Å². The molecular weight excluding hydrogens is 846 g/mol. The molecule has 0 atom stereocenters. The first kappa shape index (κ1) is 37.2.